The first kappa shape index (κ1) is 40.1. The van der Waals surface area contributed by atoms with Gasteiger partial charge in [0.1, 0.15) is 23.6 Å². The number of nitrogens with zero attached hydrogens (tertiary/aromatic N) is 2. The molecule has 1 fully saturated rings. The van der Waals surface area contributed by atoms with Crippen LogP contribution in [0.3, 0.4) is 0 Å². The van der Waals surface area contributed by atoms with Gasteiger partial charge in [0.2, 0.25) is 0 Å². The Kier molecular flexibility index (Phi) is 16.1. The molecule has 0 saturated carbocycles. The molecule has 0 amide bonds. The Morgan fingerprint density at radius 3 is 1.96 bits per heavy atom. The molecule has 1 aliphatic rings. The number of aromatic nitrogens is 1. The van der Waals surface area contributed by atoms with E-state index in [-0.39, 0.29) is 6.04 Å². The van der Waals surface area contributed by atoms with Crippen LogP contribution in [0.1, 0.15) is 73.1 Å². The first-order valence-electron chi connectivity index (χ1n) is 19.2. The average molecular weight is 726 g/mol. The topological polar surface area (TPSA) is 87.1 Å². The summed E-state index contributed by atoms with van der Waals surface area (Å²) in [5.74, 6) is 1.16. The summed E-state index contributed by atoms with van der Waals surface area (Å²) < 4.78 is 11.8. The summed E-state index contributed by atoms with van der Waals surface area (Å²) in [5.41, 5.74) is 7.09. The number of rotatable bonds is 14. The van der Waals surface area contributed by atoms with E-state index in [0.717, 1.165) is 64.2 Å². The molecule has 54 heavy (non-hydrogen) atoms. The van der Waals surface area contributed by atoms with E-state index in [2.05, 4.69) is 57.7 Å². The van der Waals surface area contributed by atoms with Gasteiger partial charge in [0, 0.05) is 36.3 Å². The van der Waals surface area contributed by atoms with Crippen LogP contribution in [-0.4, -0.2) is 39.2 Å². The lowest BCUT2D eigenvalue weighted by atomic mass is 10.0. The Hall–Kier alpha value is -5.05. The molecule has 2 unspecified atom stereocenters. The number of fused-ring (bicyclic) bond motifs is 1. The summed E-state index contributed by atoms with van der Waals surface area (Å²) in [6.07, 6.45) is 3.68. The number of hydrogen-bond acceptors (Lipinski definition) is 7. The molecular weight excluding hydrogens is 671 g/mol. The highest BCUT2D eigenvalue weighted by molar-refractivity contribution is 5.88. The first-order valence-corrected chi connectivity index (χ1v) is 19.2. The van der Waals surface area contributed by atoms with Gasteiger partial charge in [0.15, 0.2) is 0 Å². The fourth-order valence-corrected chi connectivity index (χ4v) is 6.41. The summed E-state index contributed by atoms with van der Waals surface area (Å²) in [6, 6.07) is 44.1. The largest absolute Gasteiger partial charge is 0.505 e. The van der Waals surface area contributed by atoms with Crippen molar-refractivity contribution in [3.05, 3.63) is 173 Å². The third kappa shape index (κ3) is 12.0. The third-order valence-electron chi connectivity index (χ3n) is 9.41. The zero-order valence-electron chi connectivity index (χ0n) is 31.9. The molecule has 3 N–H and O–H groups in total. The number of likely N-dealkylation sites (tertiary alicyclic amines) is 1. The van der Waals surface area contributed by atoms with Crippen molar-refractivity contribution < 1.29 is 19.7 Å². The molecule has 0 spiro atoms. The molecule has 0 bridgehead atoms. The van der Waals surface area contributed by atoms with E-state index in [4.69, 9.17) is 9.47 Å². The van der Waals surface area contributed by atoms with Gasteiger partial charge in [-0.3, -0.25) is 9.88 Å². The quantitative estimate of drug-likeness (QED) is 0.103. The number of ether oxygens (including phenoxy) is 2. The lowest BCUT2D eigenvalue weighted by Crippen LogP contribution is -2.31. The second kappa shape index (κ2) is 21.6. The molecule has 7 rings (SSSR count). The van der Waals surface area contributed by atoms with Gasteiger partial charge in [0.05, 0.1) is 19.3 Å². The van der Waals surface area contributed by atoms with Gasteiger partial charge < -0.3 is 25.0 Å². The van der Waals surface area contributed by atoms with Crippen molar-refractivity contribution in [3.63, 3.8) is 0 Å². The molecule has 6 aromatic rings. The van der Waals surface area contributed by atoms with Gasteiger partial charge in [0.25, 0.3) is 0 Å². The van der Waals surface area contributed by atoms with Crippen LogP contribution in [0.15, 0.2) is 140 Å². The minimum atomic E-state index is -0.523. The maximum Gasteiger partial charge on any atom is 0.146 e. The Bertz CT molecular complexity index is 1930. The maximum absolute atomic E-state index is 10.7. The highest BCUT2D eigenvalue weighted by Crippen LogP contribution is 2.32. The zero-order valence-corrected chi connectivity index (χ0v) is 31.9. The van der Waals surface area contributed by atoms with Crippen molar-refractivity contribution in [3.8, 4) is 11.5 Å². The highest BCUT2D eigenvalue weighted by atomic mass is 16.5. The zero-order chi connectivity index (χ0) is 38.0. The van der Waals surface area contributed by atoms with Crippen molar-refractivity contribution in [2.45, 2.75) is 78.7 Å². The van der Waals surface area contributed by atoms with Crippen LogP contribution in [0.25, 0.3) is 10.9 Å². The second-order valence-corrected chi connectivity index (χ2v) is 13.3. The highest BCUT2D eigenvalue weighted by Gasteiger charge is 2.18. The van der Waals surface area contributed by atoms with Gasteiger partial charge in [-0.15, -0.1) is 0 Å². The minimum absolute atomic E-state index is 0.0357. The average Bonchev–Trinajstić information content (AvgIpc) is 3.76. The molecule has 1 aliphatic heterocycles. The van der Waals surface area contributed by atoms with E-state index >= 15 is 0 Å². The monoisotopic (exact) mass is 725 g/mol. The molecule has 2 atom stereocenters. The van der Waals surface area contributed by atoms with Gasteiger partial charge in [-0.05, 0) is 84.9 Å². The standard InChI is InChI=1S/C23H25NO2.C22H24N2O2.C2H6/c1-18(23(25)21-10-6-3-7-11-21)24-16-19-12-14-22(15-13-19)26-17-20-8-4-2-5-9-20;25-22-18(14-24-11-4-5-12-24)13-19(20-9-6-10-23-21(20)22)16-26-15-17-7-2-1-3-8-17;1-2/h2-15,18,23-25H,16-17H2,1H3;1-3,6-10,13,25H,4-5,11-12,14-16H2;1-2H3. The summed E-state index contributed by atoms with van der Waals surface area (Å²) in [4.78, 5) is 6.81. The summed E-state index contributed by atoms with van der Waals surface area (Å²) in [7, 11) is 0. The van der Waals surface area contributed by atoms with Crippen molar-refractivity contribution in [2.24, 2.45) is 0 Å². The predicted octanol–water partition coefficient (Wildman–Crippen LogP) is 9.76. The molecule has 2 heterocycles. The Balaban J connectivity index is 0.000000199. The molecular formula is C47H55N3O4. The molecule has 282 valence electrons. The summed E-state index contributed by atoms with van der Waals surface area (Å²) >= 11 is 0. The number of nitrogens with one attached hydrogen (secondary N) is 1. The smallest absolute Gasteiger partial charge is 0.146 e. The third-order valence-corrected chi connectivity index (χ3v) is 9.41. The van der Waals surface area contributed by atoms with E-state index in [1.54, 1.807) is 6.20 Å². The first-order chi connectivity index (χ1) is 26.5. The van der Waals surface area contributed by atoms with Crippen LogP contribution < -0.4 is 10.1 Å². The molecule has 7 nitrogen and oxygen atoms in total. The second-order valence-electron chi connectivity index (χ2n) is 13.3. The molecule has 1 aromatic heterocycles. The summed E-state index contributed by atoms with van der Waals surface area (Å²) in [6.45, 7) is 11.3. The van der Waals surface area contributed by atoms with Crippen LogP contribution >= 0.6 is 0 Å². The number of aromatic hydroxyl groups is 1. The normalized spacial score (nSPS) is 13.6. The van der Waals surface area contributed by atoms with Crippen LogP contribution in [0.5, 0.6) is 11.5 Å². The molecule has 5 aromatic carbocycles. The van der Waals surface area contributed by atoms with Gasteiger partial charge in [-0.1, -0.05) is 123 Å². The fraction of sp³-hybridized carbons (Fsp3) is 0.298. The van der Waals surface area contributed by atoms with Crippen LogP contribution in [-0.2, 0) is 37.6 Å². The van der Waals surface area contributed by atoms with Crippen LogP contribution in [0, 0.1) is 0 Å². The number of aliphatic hydroxyl groups is 1. The van der Waals surface area contributed by atoms with E-state index in [1.165, 1.54) is 12.8 Å². The number of benzene rings is 5. The van der Waals surface area contributed by atoms with Gasteiger partial charge in [-0.25, -0.2) is 0 Å². The Morgan fingerprint density at radius 1 is 0.704 bits per heavy atom. The minimum Gasteiger partial charge on any atom is -0.505 e. The maximum atomic E-state index is 10.7. The number of aliphatic hydroxyl groups excluding tert-OH is 1. The van der Waals surface area contributed by atoms with Gasteiger partial charge in [-0.2, -0.15) is 0 Å². The van der Waals surface area contributed by atoms with Crippen molar-refractivity contribution in [1.82, 2.24) is 15.2 Å². The molecule has 7 heteroatoms. The Labute approximate surface area is 321 Å². The van der Waals surface area contributed by atoms with Crippen molar-refractivity contribution in [1.29, 1.82) is 0 Å². The van der Waals surface area contributed by atoms with Crippen LogP contribution in [0.2, 0.25) is 0 Å². The van der Waals surface area contributed by atoms with Crippen LogP contribution in [0.4, 0.5) is 0 Å². The van der Waals surface area contributed by atoms with E-state index in [1.807, 2.05) is 112 Å². The lowest BCUT2D eigenvalue weighted by molar-refractivity contribution is 0.108. The molecule has 0 radical (unpaired) electrons. The van der Waals surface area contributed by atoms with E-state index in [9.17, 15) is 10.2 Å². The van der Waals surface area contributed by atoms with E-state index in [0.29, 0.717) is 37.6 Å². The van der Waals surface area contributed by atoms with Crippen molar-refractivity contribution >= 4 is 10.9 Å². The predicted molar refractivity (Wildman–Crippen MR) is 219 cm³/mol. The molecule has 1 saturated heterocycles. The van der Waals surface area contributed by atoms with Gasteiger partial charge >= 0.3 is 0 Å². The number of hydrogen-bond donors (Lipinski definition) is 3. The van der Waals surface area contributed by atoms with Crippen molar-refractivity contribution in [2.75, 3.05) is 13.1 Å². The molecule has 0 aliphatic carbocycles. The number of phenolic OH excluding ortho intramolecular Hbond substituents is 1. The van der Waals surface area contributed by atoms with E-state index < -0.39 is 6.10 Å². The fourth-order valence-electron chi connectivity index (χ4n) is 6.41. The number of phenols is 1. The summed E-state index contributed by atoms with van der Waals surface area (Å²) in [5, 5.41) is 25.5. The Morgan fingerprint density at radius 2 is 1.31 bits per heavy atom. The lowest BCUT2D eigenvalue weighted by Gasteiger charge is -2.20. The number of pyridine rings is 1. The SMILES string of the molecule is CC.CC(NCc1ccc(OCc2ccccc2)cc1)C(O)c1ccccc1.Oc1c(CN2CCCC2)cc(COCc2ccccc2)c2cccnc12.